The van der Waals surface area contributed by atoms with Crippen LogP contribution in [0.15, 0.2) is 121 Å². The Morgan fingerprint density at radius 3 is 1.06 bits per heavy atom. The Bertz CT molecular complexity index is 2160. The topological polar surface area (TPSA) is 222 Å². The summed E-state index contributed by atoms with van der Waals surface area (Å²) in [7, 11) is 5.14. The molecule has 0 unspecified atom stereocenters. The molecule has 4 aromatic rings. The van der Waals surface area contributed by atoms with Gasteiger partial charge in [0.05, 0.1) is 60.7 Å². The number of alkyl halides is 4. The maximum absolute atomic E-state index is 10.9. The molecule has 0 radical (unpaired) electrons. The Kier molecular flexibility index (Phi) is 69.2. The number of benzene rings is 4. The normalized spacial score (nSPS) is 9.93. The minimum atomic E-state index is -0.635. The lowest BCUT2D eigenvalue weighted by molar-refractivity contribution is -0.148. The molecule has 0 spiro atoms. The van der Waals surface area contributed by atoms with Crippen LogP contribution in [0, 0.1) is 0 Å². The second-order valence-electron chi connectivity index (χ2n) is 18.8. The third-order valence-electron chi connectivity index (χ3n) is 11.8. The van der Waals surface area contributed by atoms with Gasteiger partial charge >= 0.3 is 36.0 Å². The standard InChI is InChI=1S/C21H30N2.C17H22N2.C8H13BrO4.C7H11BrO4.C7H18N2.C4H7BrO3.C3H5ClO2/c1-3-22(18-20-12-7-5-8-13-20)16-11-17-23(4-2)19-21-14-9-6-10-15-21;1-3-8-16(9-4-1)14-18-12-7-13-19-15-17-10-5-2-6-11-17;1-12-7(10)3-4-8(11)13-6-2-5-9;1-11-6(9)2-3-7(10)12-5-4-8;1-3-8-6-5-7-9-4-2;1-7-4(6)8-3-2-5;1-6-3(5)2-4/h5-10,12-15H,3-4,11,16-19H2,1-2H3;1-6,8-11,18-19H,7,12-15H2;2-6H2,1H3;2-5H2,1H3;8-9H,3-7H2,1-2H3;2-3H2,1H3;2H2,1H3. The van der Waals surface area contributed by atoms with E-state index in [1.54, 1.807) is 0 Å². The summed E-state index contributed by atoms with van der Waals surface area (Å²) in [5.41, 5.74) is 5.51. The van der Waals surface area contributed by atoms with Crippen LogP contribution in [0.1, 0.15) is 101 Å². The second kappa shape index (κ2) is 69.9. The van der Waals surface area contributed by atoms with E-state index in [2.05, 4.69) is 252 Å². The van der Waals surface area contributed by atoms with E-state index in [-0.39, 0.29) is 43.5 Å². The minimum Gasteiger partial charge on any atom is -0.469 e. The molecule has 4 N–H and O–H groups in total. The number of carbonyl (C=O) groups excluding carboxylic acids is 6. The van der Waals surface area contributed by atoms with Gasteiger partial charge in [0, 0.05) is 42.2 Å². The lowest BCUT2D eigenvalue weighted by Gasteiger charge is -2.24. The van der Waals surface area contributed by atoms with Gasteiger partial charge in [-0.15, -0.1) is 11.6 Å². The first-order valence-electron chi connectivity index (χ1n) is 30.6. The molecule has 0 saturated heterocycles. The molecule has 23 heteroatoms. The van der Waals surface area contributed by atoms with E-state index in [0.717, 1.165) is 110 Å². The molecule has 4 aromatic carbocycles. The number of nitrogens with zero attached hydrogens (tertiary/aromatic N) is 2. The molecular weight excluding hydrogens is 1370 g/mol. The highest BCUT2D eigenvalue weighted by atomic mass is 79.9. The minimum absolute atomic E-state index is 0.0590. The average molecular weight is 1480 g/mol. The van der Waals surface area contributed by atoms with Gasteiger partial charge in [0.25, 0.3) is 0 Å². The summed E-state index contributed by atoms with van der Waals surface area (Å²) in [6, 6.07) is 42.6. The van der Waals surface area contributed by atoms with E-state index >= 15 is 0 Å². The molecule has 0 aliphatic rings. The van der Waals surface area contributed by atoms with Gasteiger partial charge in [0.1, 0.15) is 19.1 Å². The molecule has 0 aromatic heterocycles. The fourth-order valence-electron chi connectivity index (χ4n) is 6.97. The number of halogens is 4. The van der Waals surface area contributed by atoms with E-state index in [4.69, 9.17) is 21.1 Å². The lowest BCUT2D eigenvalue weighted by atomic mass is 10.2. The van der Waals surface area contributed by atoms with Gasteiger partial charge in [0.15, 0.2) is 0 Å². The Labute approximate surface area is 569 Å². The SMILES string of the molecule is CCN(CCCN(CC)Cc1ccccc1)Cc1ccccc1.CCNCCCNCC.COC(=O)CCC(=O)OCCBr.COC(=O)CCC(=O)OCCCBr.COC(=O)CCl.COC(=O)OCCBr.c1ccc(CNCCCNCc2ccccc2)cc1. The van der Waals surface area contributed by atoms with Crippen LogP contribution in [-0.2, 0) is 83.3 Å². The number of methoxy groups -OCH3 is 4. The molecule has 90 heavy (non-hydrogen) atoms. The fourth-order valence-corrected chi connectivity index (χ4v) is 7.63. The zero-order valence-electron chi connectivity index (χ0n) is 54.8. The maximum Gasteiger partial charge on any atom is 0.508 e. The molecule has 0 bridgehead atoms. The summed E-state index contributed by atoms with van der Waals surface area (Å²) in [5.74, 6) is -1.97. The van der Waals surface area contributed by atoms with Crippen molar-refractivity contribution >= 4 is 95.4 Å². The Hall–Kier alpha value is -5.01. The molecule has 0 aliphatic heterocycles. The first-order chi connectivity index (χ1) is 43.7. The number of hydrogen-bond donors (Lipinski definition) is 4. The van der Waals surface area contributed by atoms with Crippen molar-refractivity contribution in [3.8, 4) is 0 Å². The third kappa shape index (κ3) is 63.2. The highest BCUT2D eigenvalue weighted by Crippen LogP contribution is 2.08. The maximum atomic E-state index is 10.9. The quantitative estimate of drug-likeness (QED) is 0.0142. The Morgan fingerprint density at radius 2 is 0.744 bits per heavy atom. The molecule has 4 rings (SSSR count). The Balaban J connectivity index is -0.00000103. The van der Waals surface area contributed by atoms with Crippen LogP contribution in [0.25, 0.3) is 0 Å². The van der Waals surface area contributed by atoms with E-state index in [1.807, 2.05) is 0 Å². The number of nitrogens with one attached hydrogen (secondary N) is 4. The fraction of sp³-hybridized carbons (Fsp3) is 0.552. The van der Waals surface area contributed by atoms with Crippen molar-refractivity contribution in [2.75, 3.05) is 136 Å². The first-order valence-corrected chi connectivity index (χ1v) is 34.5. The van der Waals surface area contributed by atoms with Crippen molar-refractivity contribution in [3.63, 3.8) is 0 Å². The smallest absolute Gasteiger partial charge is 0.469 e. The second-order valence-corrected chi connectivity index (χ2v) is 21.5. The van der Waals surface area contributed by atoms with Crippen LogP contribution in [-0.4, -0.2) is 181 Å². The lowest BCUT2D eigenvalue weighted by Crippen LogP contribution is -2.29. The number of esters is 5. The van der Waals surface area contributed by atoms with Gasteiger partial charge in [-0.25, -0.2) is 4.79 Å². The largest absolute Gasteiger partial charge is 0.508 e. The van der Waals surface area contributed by atoms with Crippen LogP contribution in [0.4, 0.5) is 4.79 Å². The number of carbonyl (C=O) groups is 6. The number of hydrogen-bond acceptors (Lipinski definition) is 19. The molecule has 0 saturated carbocycles. The van der Waals surface area contributed by atoms with Crippen molar-refractivity contribution in [2.24, 2.45) is 0 Å². The van der Waals surface area contributed by atoms with Gasteiger partial charge in [-0.2, -0.15) is 0 Å². The van der Waals surface area contributed by atoms with Crippen LogP contribution >= 0.6 is 59.4 Å². The monoisotopic (exact) mass is 1470 g/mol. The number of rotatable bonds is 38. The summed E-state index contributed by atoms with van der Waals surface area (Å²) >= 11 is 14.4. The summed E-state index contributed by atoms with van der Waals surface area (Å²) in [6.45, 7) is 25.0. The van der Waals surface area contributed by atoms with Crippen LogP contribution in [0.5, 0.6) is 0 Å². The first kappa shape index (κ1) is 89.2. The van der Waals surface area contributed by atoms with Crippen molar-refractivity contribution in [2.45, 2.75) is 105 Å². The molecule has 0 fully saturated rings. The Morgan fingerprint density at radius 1 is 0.400 bits per heavy atom. The molecule has 510 valence electrons. The van der Waals surface area contributed by atoms with Crippen molar-refractivity contribution in [1.29, 1.82) is 0 Å². The van der Waals surface area contributed by atoms with Crippen molar-refractivity contribution in [3.05, 3.63) is 144 Å². The molecule has 19 nitrogen and oxygen atoms in total. The van der Waals surface area contributed by atoms with Crippen molar-refractivity contribution in [1.82, 2.24) is 31.1 Å². The zero-order valence-corrected chi connectivity index (χ0v) is 60.3. The summed E-state index contributed by atoms with van der Waals surface area (Å²) in [4.78, 5) is 67.8. The summed E-state index contributed by atoms with van der Waals surface area (Å²) in [5, 5.41) is 15.5. The van der Waals surface area contributed by atoms with E-state index < -0.39 is 24.1 Å². The highest BCUT2D eigenvalue weighted by Gasteiger charge is 2.10. The van der Waals surface area contributed by atoms with Crippen LogP contribution in [0.2, 0.25) is 0 Å². The van der Waals surface area contributed by atoms with E-state index in [1.165, 1.54) is 63.5 Å². The van der Waals surface area contributed by atoms with Gasteiger partial charge in [-0.3, -0.25) is 33.8 Å². The van der Waals surface area contributed by atoms with E-state index in [9.17, 15) is 28.8 Å². The van der Waals surface area contributed by atoms with Gasteiger partial charge < -0.3 is 54.4 Å². The summed E-state index contributed by atoms with van der Waals surface area (Å²) in [6.07, 6.45) is 4.10. The molecule has 0 atom stereocenters. The zero-order chi connectivity index (χ0) is 67.4. The molecular formula is C67H106Br3ClN6O13. The van der Waals surface area contributed by atoms with Crippen LogP contribution in [0.3, 0.4) is 0 Å². The highest BCUT2D eigenvalue weighted by molar-refractivity contribution is 9.09. The molecule has 0 aliphatic carbocycles. The average Bonchev–Trinajstić information content (AvgIpc) is 3.64. The summed E-state index contributed by atoms with van der Waals surface area (Å²) < 4.78 is 30.9. The molecule has 0 heterocycles. The molecule has 0 amide bonds. The van der Waals surface area contributed by atoms with Gasteiger partial charge in [-0.1, -0.05) is 197 Å². The van der Waals surface area contributed by atoms with Crippen LogP contribution < -0.4 is 21.3 Å². The van der Waals surface area contributed by atoms with Gasteiger partial charge in [0.2, 0.25) is 0 Å². The third-order valence-corrected chi connectivity index (χ3v) is 13.2. The van der Waals surface area contributed by atoms with Gasteiger partial charge in [-0.05, 0) is 113 Å². The number of ether oxygens (including phenoxy) is 7. The predicted molar refractivity (Wildman–Crippen MR) is 374 cm³/mol. The predicted octanol–water partition coefficient (Wildman–Crippen LogP) is 11.7. The van der Waals surface area contributed by atoms with Crippen molar-refractivity contribution < 1.29 is 61.9 Å². The van der Waals surface area contributed by atoms with E-state index in [0.29, 0.717) is 30.5 Å².